The van der Waals surface area contributed by atoms with Gasteiger partial charge in [-0.1, -0.05) is 20.8 Å². The molecule has 1 aliphatic heterocycles. The Morgan fingerprint density at radius 3 is 2.71 bits per heavy atom. The molecule has 2 N–H and O–H groups in total. The molecule has 2 rings (SSSR count). The third kappa shape index (κ3) is 8.66. The number of nitrogens with one attached hydrogen (secondary N) is 2. The van der Waals surface area contributed by atoms with Crippen molar-refractivity contribution in [1.82, 2.24) is 15.5 Å². The summed E-state index contributed by atoms with van der Waals surface area (Å²) in [5.74, 6) is 1.20. The molecule has 1 atom stereocenters. The Bertz CT molecular complexity index is 735. The van der Waals surface area contributed by atoms with E-state index < -0.39 is 6.61 Å². The average molecular weight is 554 g/mol. The van der Waals surface area contributed by atoms with Crippen LogP contribution in [0.15, 0.2) is 23.2 Å². The summed E-state index contributed by atoms with van der Waals surface area (Å²) < 4.78 is 35.8. The molecule has 1 aliphatic rings. The molecule has 7 nitrogen and oxygen atoms in total. The first-order chi connectivity index (χ1) is 14.3. The maximum atomic E-state index is 12.8. The number of guanidine groups is 1. The zero-order valence-corrected chi connectivity index (χ0v) is 20.8. The molecule has 31 heavy (non-hydrogen) atoms. The Kier molecular flexibility index (Phi) is 11.9. The number of carbonyl (C=O) groups is 1. The minimum absolute atomic E-state index is 0. The second-order valence-electron chi connectivity index (χ2n) is 7.49. The van der Waals surface area contributed by atoms with Crippen LogP contribution < -0.4 is 20.1 Å². The Labute approximate surface area is 200 Å². The van der Waals surface area contributed by atoms with Crippen LogP contribution in [0.2, 0.25) is 0 Å². The average Bonchev–Trinajstić information content (AvgIpc) is 3.17. The van der Waals surface area contributed by atoms with Crippen molar-refractivity contribution in [3.8, 4) is 11.5 Å². The molecular weight excluding hydrogens is 521 g/mol. The van der Waals surface area contributed by atoms with Crippen LogP contribution in [0.3, 0.4) is 0 Å². The topological polar surface area (TPSA) is 75.2 Å². The largest absolute Gasteiger partial charge is 0.493 e. The predicted molar refractivity (Wildman–Crippen MR) is 127 cm³/mol. The van der Waals surface area contributed by atoms with Crippen LogP contribution in [0.25, 0.3) is 0 Å². The lowest BCUT2D eigenvalue weighted by Gasteiger charge is -2.21. The van der Waals surface area contributed by atoms with E-state index in [-0.39, 0.29) is 54.1 Å². The van der Waals surface area contributed by atoms with Gasteiger partial charge in [0.2, 0.25) is 5.91 Å². The Morgan fingerprint density at radius 1 is 1.35 bits per heavy atom. The van der Waals surface area contributed by atoms with E-state index in [0.29, 0.717) is 37.0 Å². The number of amides is 1. The second kappa shape index (κ2) is 13.5. The zero-order chi connectivity index (χ0) is 22.1. The SMILES string of the molecule is CCCOc1ccc(CNC(=NC)NC2CCN(C(=O)C(C)C)C2)c(OC(F)F)c1.I. The fraction of sp³-hybridized carbons (Fsp3) is 0.619. The molecule has 1 aromatic carbocycles. The van der Waals surface area contributed by atoms with E-state index in [4.69, 9.17) is 4.74 Å². The number of nitrogens with zero attached hydrogens (tertiary/aromatic N) is 2. The van der Waals surface area contributed by atoms with Gasteiger partial charge in [-0.3, -0.25) is 9.79 Å². The van der Waals surface area contributed by atoms with Gasteiger partial charge in [-0.25, -0.2) is 0 Å². The first-order valence-electron chi connectivity index (χ1n) is 10.3. The molecule has 1 heterocycles. The van der Waals surface area contributed by atoms with Gasteiger partial charge in [-0.2, -0.15) is 8.78 Å². The third-order valence-corrected chi connectivity index (χ3v) is 4.73. The van der Waals surface area contributed by atoms with Gasteiger partial charge < -0.3 is 25.0 Å². The molecule has 0 aliphatic carbocycles. The minimum atomic E-state index is -2.93. The summed E-state index contributed by atoms with van der Waals surface area (Å²) in [5.41, 5.74) is 0.560. The van der Waals surface area contributed by atoms with Crippen LogP contribution in [0, 0.1) is 5.92 Å². The molecule has 0 radical (unpaired) electrons. The van der Waals surface area contributed by atoms with Gasteiger partial charge in [0.1, 0.15) is 11.5 Å². The highest BCUT2D eigenvalue weighted by atomic mass is 127. The number of aliphatic imine (C=N–C) groups is 1. The second-order valence-corrected chi connectivity index (χ2v) is 7.49. The van der Waals surface area contributed by atoms with Gasteiger partial charge in [0.25, 0.3) is 0 Å². The molecule has 0 spiro atoms. The first kappa shape index (κ1) is 27.2. The van der Waals surface area contributed by atoms with E-state index in [1.54, 1.807) is 19.2 Å². The van der Waals surface area contributed by atoms with Crippen LogP contribution in [0.4, 0.5) is 8.78 Å². The summed E-state index contributed by atoms with van der Waals surface area (Å²) in [6, 6.07) is 4.98. The van der Waals surface area contributed by atoms with Crippen LogP contribution >= 0.6 is 24.0 Å². The molecule has 0 bridgehead atoms. The van der Waals surface area contributed by atoms with Crippen molar-refractivity contribution >= 4 is 35.8 Å². The maximum absolute atomic E-state index is 12.8. The number of alkyl halides is 2. The molecule has 176 valence electrons. The van der Waals surface area contributed by atoms with Crippen molar-refractivity contribution in [3.05, 3.63) is 23.8 Å². The lowest BCUT2D eigenvalue weighted by molar-refractivity contribution is -0.133. The standard InChI is InChI=1S/C21H32F2N4O3.HI/c1-5-10-29-17-7-6-15(18(11-17)30-20(22)23)12-25-21(24-4)26-16-8-9-27(13-16)19(28)14(2)3;/h6-7,11,14,16,20H,5,8-10,12-13H2,1-4H3,(H2,24,25,26);1H. The van der Waals surface area contributed by atoms with Crippen molar-refractivity contribution in [2.45, 2.75) is 52.8 Å². The summed E-state index contributed by atoms with van der Waals surface area (Å²) in [5, 5.41) is 6.42. The number of benzene rings is 1. The normalized spacial score (nSPS) is 16.3. The molecule has 1 saturated heterocycles. The minimum Gasteiger partial charge on any atom is -0.493 e. The number of hydrogen-bond donors (Lipinski definition) is 2. The number of likely N-dealkylation sites (tertiary alicyclic amines) is 1. The van der Waals surface area contributed by atoms with Crippen molar-refractivity contribution in [3.63, 3.8) is 0 Å². The summed E-state index contributed by atoms with van der Waals surface area (Å²) in [4.78, 5) is 18.2. The van der Waals surface area contributed by atoms with Crippen LogP contribution in [0.5, 0.6) is 11.5 Å². The van der Waals surface area contributed by atoms with Gasteiger partial charge in [0.05, 0.1) is 6.61 Å². The quantitative estimate of drug-likeness (QED) is 0.277. The summed E-state index contributed by atoms with van der Waals surface area (Å²) in [6.07, 6.45) is 1.64. The molecule has 1 aromatic rings. The monoisotopic (exact) mass is 554 g/mol. The van der Waals surface area contributed by atoms with E-state index in [2.05, 4.69) is 20.4 Å². The van der Waals surface area contributed by atoms with E-state index >= 15 is 0 Å². The van der Waals surface area contributed by atoms with Crippen molar-refractivity contribution in [2.75, 3.05) is 26.7 Å². The van der Waals surface area contributed by atoms with E-state index in [1.807, 2.05) is 25.7 Å². The number of carbonyl (C=O) groups excluding carboxylic acids is 1. The van der Waals surface area contributed by atoms with Crippen molar-refractivity contribution in [1.29, 1.82) is 0 Å². The summed E-state index contributed by atoms with van der Waals surface area (Å²) >= 11 is 0. The highest BCUT2D eigenvalue weighted by Crippen LogP contribution is 2.26. The number of hydrogen-bond acceptors (Lipinski definition) is 4. The van der Waals surface area contributed by atoms with Gasteiger partial charge in [-0.15, -0.1) is 24.0 Å². The van der Waals surface area contributed by atoms with Crippen LogP contribution in [-0.2, 0) is 11.3 Å². The molecule has 1 unspecified atom stereocenters. The number of ether oxygens (including phenoxy) is 2. The van der Waals surface area contributed by atoms with Gasteiger partial charge >= 0.3 is 6.61 Å². The lowest BCUT2D eigenvalue weighted by atomic mass is 10.2. The summed E-state index contributed by atoms with van der Waals surface area (Å²) in [7, 11) is 1.64. The third-order valence-electron chi connectivity index (χ3n) is 4.73. The van der Waals surface area contributed by atoms with Crippen LogP contribution in [-0.4, -0.2) is 56.2 Å². The highest BCUT2D eigenvalue weighted by molar-refractivity contribution is 14.0. The zero-order valence-electron chi connectivity index (χ0n) is 18.5. The molecule has 0 saturated carbocycles. The summed E-state index contributed by atoms with van der Waals surface area (Å²) in [6.45, 7) is 4.89. The lowest BCUT2D eigenvalue weighted by Crippen LogP contribution is -2.45. The van der Waals surface area contributed by atoms with E-state index in [1.165, 1.54) is 6.07 Å². The fourth-order valence-corrected chi connectivity index (χ4v) is 3.21. The Hall–Kier alpha value is -1.85. The molecule has 1 amide bonds. The fourth-order valence-electron chi connectivity index (χ4n) is 3.21. The number of halogens is 3. The molecular formula is C21H33F2IN4O3. The molecule has 1 fully saturated rings. The number of rotatable bonds is 9. The van der Waals surface area contributed by atoms with E-state index in [9.17, 15) is 13.6 Å². The predicted octanol–water partition coefficient (Wildman–Crippen LogP) is 3.62. The Balaban J connectivity index is 0.00000480. The van der Waals surface area contributed by atoms with Gasteiger partial charge in [-0.05, 0) is 25.0 Å². The smallest absolute Gasteiger partial charge is 0.387 e. The van der Waals surface area contributed by atoms with E-state index in [0.717, 1.165) is 12.8 Å². The first-order valence-corrected chi connectivity index (χ1v) is 10.3. The molecule has 10 heteroatoms. The molecule has 0 aromatic heterocycles. The maximum Gasteiger partial charge on any atom is 0.387 e. The van der Waals surface area contributed by atoms with Gasteiger partial charge in [0, 0.05) is 50.3 Å². The van der Waals surface area contributed by atoms with Crippen LogP contribution in [0.1, 0.15) is 39.2 Å². The highest BCUT2D eigenvalue weighted by Gasteiger charge is 2.28. The Morgan fingerprint density at radius 2 is 2.10 bits per heavy atom. The van der Waals surface area contributed by atoms with Crippen molar-refractivity contribution < 1.29 is 23.0 Å². The van der Waals surface area contributed by atoms with Crippen molar-refractivity contribution in [2.24, 2.45) is 10.9 Å². The van der Waals surface area contributed by atoms with Gasteiger partial charge in [0.15, 0.2) is 5.96 Å².